The minimum absolute atomic E-state index is 0.133. The molecular weight excluding hydrogens is 349 g/mol. The van der Waals surface area contributed by atoms with Crippen LogP contribution in [-0.4, -0.2) is 6.54 Å². The minimum Gasteiger partial charge on any atom is -0.457 e. The molecule has 1 aromatic heterocycles. The molecule has 1 heterocycles. The predicted molar refractivity (Wildman–Crippen MR) is 83.0 cm³/mol. The van der Waals surface area contributed by atoms with Crippen LogP contribution in [0.3, 0.4) is 0 Å². The van der Waals surface area contributed by atoms with E-state index in [2.05, 4.69) is 28.2 Å². The Morgan fingerprint density at radius 3 is 2.74 bits per heavy atom. The monoisotopic (exact) mass is 361 g/mol. The molecule has 0 spiro atoms. The van der Waals surface area contributed by atoms with Crippen molar-refractivity contribution < 1.29 is 4.42 Å². The Kier molecular flexibility index (Phi) is 5.34. The van der Waals surface area contributed by atoms with Crippen LogP contribution in [-0.2, 0) is 6.42 Å². The van der Waals surface area contributed by atoms with Crippen molar-refractivity contribution in [2.75, 3.05) is 6.54 Å². The minimum atomic E-state index is 0.133. The van der Waals surface area contributed by atoms with Crippen LogP contribution in [0.2, 0.25) is 10.0 Å². The lowest BCUT2D eigenvalue weighted by Gasteiger charge is -2.18. The molecule has 0 saturated carbocycles. The van der Waals surface area contributed by atoms with Crippen molar-refractivity contribution in [2.24, 2.45) is 0 Å². The van der Waals surface area contributed by atoms with Crippen LogP contribution in [0.15, 0.2) is 39.6 Å². The van der Waals surface area contributed by atoms with Crippen molar-refractivity contribution in [3.8, 4) is 0 Å². The lowest BCUT2D eigenvalue weighted by atomic mass is 10.0. The third-order valence-electron chi connectivity index (χ3n) is 2.90. The fraction of sp³-hybridized carbons (Fsp3) is 0.286. The number of likely N-dealkylation sites (N-methyl/N-ethyl adjacent to an activating group) is 1. The van der Waals surface area contributed by atoms with Crippen molar-refractivity contribution >= 4 is 39.1 Å². The van der Waals surface area contributed by atoms with Crippen molar-refractivity contribution in [1.82, 2.24) is 5.32 Å². The van der Waals surface area contributed by atoms with E-state index in [1.54, 1.807) is 12.3 Å². The van der Waals surface area contributed by atoms with Gasteiger partial charge in [-0.2, -0.15) is 0 Å². The molecule has 0 fully saturated rings. The zero-order valence-corrected chi connectivity index (χ0v) is 13.5. The second kappa shape index (κ2) is 6.80. The maximum absolute atomic E-state index is 6.22. The molecule has 19 heavy (non-hydrogen) atoms. The van der Waals surface area contributed by atoms with Gasteiger partial charge in [0.15, 0.2) is 4.67 Å². The van der Waals surface area contributed by atoms with Crippen molar-refractivity contribution in [2.45, 2.75) is 19.4 Å². The van der Waals surface area contributed by atoms with Crippen molar-refractivity contribution in [3.05, 3.63) is 56.4 Å². The molecule has 0 aliphatic carbocycles. The summed E-state index contributed by atoms with van der Waals surface area (Å²) in [6.07, 6.45) is 2.43. The van der Waals surface area contributed by atoms with Gasteiger partial charge in [0, 0.05) is 21.7 Å². The molecule has 0 aliphatic rings. The highest BCUT2D eigenvalue weighted by Gasteiger charge is 2.17. The summed E-state index contributed by atoms with van der Waals surface area (Å²) in [5.74, 6) is 0. The highest BCUT2D eigenvalue weighted by atomic mass is 79.9. The van der Waals surface area contributed by atoms with Gasteiger partial charge in [-0.15, -0.1) is 0 Å². The quantitative estimate of drug-likeness (QED) is 0.786. The van der Waals surface area contributed by atoms with Crippen LogP contribution < -0.4 is 5.32 Å². The van der Waals surface area contributed by atoms with E-state index in [0.29, 0.717) is 5.02 Å². The summed E-state index contributed by atoms with van der Waals surface area (Å²) in [4.78, 5) is 0. The Hall–Kier alpha value is -0.480. The normalized spacial score (nSPS) is 12.6. The smallest absolute Gasteiger partial charge is 0.173 e. The molecule has 102 valence electrons. The molecule has 1 N–H and O–H groups in total. The third-order valence-corrected chi connectivity index (χ3v) is 4.15. The summed E-state index contributed by atoms with van der Waals surface area (Å²) < 4.78 is 6.05. The number of hydrogen-bond acceptors (Lipinski definition) is 2. The van der Waals surface area contributed by atoms with Gasteiger partial charge in [0.1, 0.15) is 0 Å². The van der Waals surface area contributed by atoms with Gasteiger partial charge < -0.3 is 9.73 Å². The molecule has 2 nitrogen and oxygen atoms in total. The maximum atomic E-state index is 6.22. The molecule has 1 atom stereocenters. The summed E-state index contributed by atoms with van der Waals surface area (Å²) in [6, 6.07) is 7.61. The number of halogens is 3. The molecule has 0 amide bonds. The van der Waals surface area contributed by atoms with Gasteiger partial charge in [0.05, 0.1) is 6.26 Å². The van der Waals surface area contributed by atoms with Crippen molar-refractivity contribution in [3.63, 3.8) is 0 Å². The van der Waals surface area contributed by atoms with Crippen LogP contribution >= 0.6 is 39.1 Å². The number of benzene rings is 1. The first-order valence-corrected chi connectivity index (χ1v) is 7.57. The number of nitrogens with one attached hydrogen (secondary N) is 1. The van der Waals surface area contributed by atoms with Crippen LogP contribution in [0.1, 0.15) is 24.1 Å². The van der Waals surface area contributed by atoms with E-state index in [0.717, 1.165) is 33.8 Å². The Bertz CT molecular complexity index is 556. The van der Waals surface area contributed by atoms with Gasteiger partial charge in [0.25, 0.3) is 0 Å². The maximum Gasteiger partial charge on any atom is 0.173 e. The van der Waals surface area contributed by atoms with Crippen LogP contribution in [0.25, 0.3) is 0 Å². The van der Waals surface area contributed by atoms with Crippen molar-refractivity contribution in [1.29, 1.82) is 0 Å². The molecule has 1 aromatic carbocycles. The Morgan fingerprint density at radius 2 is 2.11 bits per heavy atom. The van der Waals surface area contributed by atoms with E-state index < -0.39 is 0 Å². The first-order valence-electron chi connectivity index (χ1n) is 6.02. The summed E-state index contributed by atoms with van der Waals surface area (Å²) >= 11 is 15.7. The SMILES string of the molecule is CCNC(Cc1cc(Cl)ccc1Cl)c1ccoc1Br. The van der Waals surface area contributed by atoms with Gasteiger partial charge in [-0.05, 0) is 58.7 Å². The zero-order chi connectivity index (χ0) is 13.8. The molecule has 1 unspecified atom stereocenters. The fourth-order valence-electron chi connectivity index (χ4n) is 2.01. The van der Waals surface area contributed by atoms with Gasteiger partial charge in [-0.25, -0.2) is 0 Å². The first-order chi connectivity index (χ1) is 9.11. The van der Waals surface area contributed by atoms with E-state index >= 15 is 0 Å². The van der Waals surface area contributed by atoms with E-state index in [1.165, 1.54) is 0 Å². The van der Waals surface area contributed by atoms with Crippen LogP contribution in [0.4, 0.5) is 0 Å². The van der Waals surface area contributed by atoms with Gasteiger partial charge in [0.2, 0.25) is 0 Å². The topological polar surface area (TPSA) is 25.2 Å². The average molecular weight is 363 g/mol. The number of furan rings is 1. The summed E-state index contributed by atoms with van der Waals surface area (Å²) in [6.45, 7) is 2.93. The summed E-state index contributed by atoms with van der Waals surface area (Å²) in [5.41, 5.74) is 2.10. The average Bonchev–Trinajstić information content (AvgIpc) is 2.79. The highest BCUT2D eigenvalue weighted by Crippen LogP contribution is 2.30. The van der Waals surface area contributed by atoms with Crippen LogP contribution in [0, 0.1) is 0 Å². The zero-order valence-electron chi connectivity index (χ0n) is 10.4. The predicted octanol–water partition coefficient (Wildman–Crippen LogP) is 5.24. The molecule has 2 aromatic rings. The molecule has 0 aliphatic heterocycles. The number of rotatable bonds is 5. The first kappa shape index (κ1) is 14.9. The molecule has 0 saturated heterocycles. The van der Waals surface area contributed by atoms with E-state index in [4.69, 9.17) is 27.6 Å². The standard InChI is InChI=1S/C14H14BrCl2NO/c1-2-18-13(11-5-6-19-14(11)15)8-9-7-10(16)3-4-12(9)17/h3-7,13,18H,2,8H2,1H3. The third kappa shape index (κ3) is 3.76. The number of hydrogen-bond donors (Lipinski definition) is 1. The highest BCUT2D eigenvalue weighted by molar-refractivity contribution is 9.10. The van der Waals surface area contributed by atoms with E-state index in [1.807, 2.05) is 18.2 Å². The molecule has 5 heteroatoms. The Balaban J connectivity index is 2.26. The molecule has 2 rings (SSSR count). The largest absolute Gasteiger partial charge is 0.457 e. The van der Waals surface area contributed by atoms with Crippen LogP contribution in [0.5, 0.6) is 0 Å². The second-order valence-electron chi connectivity index (χ2n) is 4.20. The lowest BCUT2D eigenvalue weighted by Crippen LogP contribution is -2.23. The molecular formula is C14H14BrCl2NO. The summed E-state index contributed by atoms with van der Waals surface area (Å²) in [5, 5.41) is 4.85. The molecule has 0 radical (unpaired) electrons. The van der Waals surface area contributed by atoms with Gasteiger partial charge in [-0.1, -0.05) is 30.1 Å². The van der Waals surface area contributed by atoms with E-state index in [9.17, 15) is 0 Å². The second-order valence-corrected chi connectivity index (χ2v) is 5.76. The molecule has 0 bridgehead atoms. The summed E-state index contributed by atoms with van der Waals surface area (Å²) in [7, 11) is 0. The lowest BCUT2D eigenvalue weighted by molar-refractivity contribution is 0.506. The van der Waals surface area contributed by atoms with E-state index in [-0.39, 0.29) is 6.04 Å². The van der Waals surface area contributed by atoms with Gasteiger partial charge >= 0.3 is 0 Å². The fourth-order valence-corrected chi connectivity index (χ4v) is 2.92. The Morgan fingerprint density at radius 1 is 1.32 bits per heavy atom. The van der Waals surface area contributed by atoms with Gasteiger partial charge in [-0.3, -0.25) is 0 Å². The Labute approximate surface area is 131 Å².